The molecule has 1 saturated carbocycles. The maximum absolute atomic E-state index is 12.1. The van der Waals surface area contributed by atoms with Crippen LogP contribution < -0.4 is 0 Å². The van der Waals surface area contributed by atoms with Crippen LogP contribution in [-0.2, 0) is 6.42 Å². The Morgan fingerprint density at radius 1 is 1.56 bits per heavy atom. The summed E-state index contributed by atoms with van der Waals surface area (Å²) in [4.78, 5) is 13.9. The number of rotatable bonds is 5. The van der Waals surface area contributed by atoms with Crippen LogP contribution >= 0.6 is 11.6 Å². The van der Waals surface area contributed by atoms with Gasteiger partial charge < -0.3 is 9.32 Å². The summed E-state index contributed by atoms with van der Waals surface area (Å²) in [5.41, 5.74) is 0. The zero-order chi connectivity index (χ0) is 11.5. The molecule has 4 heteroatoms. The fourth-order valence-corrected chi connectivity index (χ4v) is 1.93. The van der Waals surface area contributed by atoms with Gasteiger partial charge in [0.05, 0.1) is 0 Å². The molecule has 16 heavy (non-hydrogen) atoms. The van der Waals surface area contributed by atoms with Crippen LogP contribution in [0, 0.1) is 0 Å². The molecule has 1 fully saturated rings. The molecule has 1 aliphatic carbocycles. The zero-order valence-electron chi connectivity index (χ0n) is 9.41. The highest BCUT2D eigenvalue weighted by molar-refractivity contribution is 6.18. The second-order valence-electron chi connectivity index (χ2n) is 4.04. The summed E-state index contributed by atoms with van der Waals surface area (Å²) < 4.78 is 5.47. The molecular weight excluding hydrogens is 226 g/mol. The zero-order valence-corrected chi connectivity index (χ0v) is 10.2. The summed E-state index contributed by atoms with van der Waals surface area (Å²) in [5, 5.41) is 0. The van der Waals surface area contributed by atoms with Crippen LogP contribution in [0.3, 0.4) is 0 Å². The summed E-state index contributed by atoms with van der Waals surface area (Å²) in [6, 6.07) is 3.99. The largest absolute Gasteiger partial charge is 0.456 e. The lowest BCUT2D eigenvalue weighted by Gasteiger charge is -2.19. The Bertz CT molecular complexity index is 371. The number of amides is 1. The first kappa shape index (κ1) is 11.5. The molecule has 1 heterocycles. The van der Waals surface area contributed by atoms with E-state index in [1.54, 1.807) is 6.07 Å². The van der Waals surface area contributed by atoms with E-state index in [1.807, 2.05) is 17.9 Å². The molecule has 0 unspecified atom stereocenters. The summed E-state index contributed by atoms with van der Waals surface area (Å²) >= 11 is 5.71. The van der Waals surface area contributed by atoms with Crippen LogP contribution in [-0.4, -0.2) is 29.3 Å². The number of hydrogen-bond donors (Lipinski definition) is 0. The van der Waals surface area contributed by atoms with Crippen molar-refractivity contribution >= 4 is 17.5 Å². The van der Waals surface area contributed by atoms with E-state index in [1.165, 1.54) is 0 Å². The third kappa shape index (κ3) is 2.40. The predicted molar refractivity (Wildman–Crippen MR) is 62.9 cm³/mol. The Balaban J connectivity index is 2.09. The number of aryl methyl sites for hydroxylation is 1. The van der Waals surface area contributed by atoms with Crippen molar-refractivity contribution in [1.82, 2.24) is 4.90 Å². The highest BCUT2D eigenvalue weighted by Crippen LogP contribution is 2.28. The van der Waals surface area contributed by atoms with Crippen LogP contribution in [0.25, 0.3) is 0 Å². The van der Waals surface area contributed by atoms with E-state index in [9.17, 15) is 4.79 Å². The minimum atomic E-state index is -0.0251. The van der Waals surface area contributed by atoms with Crippen molar-refractivity contribution in [3.8, 4) is 0 Å². The third-order valence-electron chi connectivity index (χ3n) is 2.79. The molecule has 1 amide bonds. The molecule has 0 radical (unpaired) electrons. The second-order valence-corrected chi connectivity index (χ2v) is 4.42. The molecule has 0 aliphatic heterocycles. The van der Waals surface area contributed by atoms with E-state index >= 15 is 0 Å². The molecule has 1 aromatic heterocycles. The molecule has 0 spiro atoms. The standard InChI is InChI=1S/C12H16ClNO2/c1-2-10-5-6-11(16-10)12(15)14(8-7-13)9-3-4-9/h5-6,9H,2-4,7-8H2,1H3. The van der Waals surface area contributed by atoms with Gasteiger partial charge in [0.1, 0.15) is 5.76 Å². The average molecular weight is 242 g/mol. The molecule has 0 saturated heterocycles. The summed E-state index contributed by atoms with van der Waals surface area (Å²) in [7, 11) is 0. The van der Waals surface area contributed by atoms with E-state index in [0.29, 0.717) is 24.2 Å². The second kappa shape index (κ2) is 4.91. The SMILES string of the molecule is CCc1ccc(C(=O)N(CCCl)C2CC2)o1. The molecule has 88 valence electrons. The molecule has 0 bridgehead atoms. The predicted octanol–water partition coefficient (Wildman–Crippen LogP) is 2.69. The monoisotopic (exact) mass is 241 g/mol. The molecule has 1 aliphatic rings. The third-order valence-corrected chi connectivity index (χ3v) is 2.96. The van der Waals surface area contributed by atoms with Crippen molar-refractivity contribution in [3.05, 3.63) is 23.7 Å². The van der Waals surface area contributed by atoms with Crippen LogP contribution in [0.4, 0.5) is 0 Å². The van der Waals surface area contributed by atoms with Crippen LogP contribution in [0.1, 0.15) is 36.1 Å². The van der Waals surface area contributed by atoms with Gasteiger partial charge in [-0.05, 0) is 25.0 Å². The molecule has 0 N–H and O–H groups in total. The van der Waals surface area contributed by atoms with Gasteiger partial charge in [-0.1, -0.05) is 6.92 Å². The van der Waals surface area contributed by atoms with Crippen molar-refractivity contribution in [1.29, 1.82) is 0 Å². The van der Waals surface area contributed by atoms with E-state index in [2.05, 4.69) is 0 Å². The number of hydrogen-bond acceptors (Lipinski definition) is 2. The summed E-state index contributed by atoms with van der Waals surface area (Å²) in [5.74, 6) is 1.74. The maximum atomic E-state index is 12.1. The normalized spacial score (nSPS) is 15.1. The van der Waals surface area contributed by atoms with E-state index < -0.39 is 0 Å². The summed E-state index contributed by atoms with van der Waals surface area (Å²) in [6.45, 7) is 2.61. The molecule has 1 aromatic rings. The number of halogens is 1. The number of furan rings is 1. The quantitative estimate of drug-likeness (QED) is 0.743. The van der Waals surface area contributed by atoms with Crippen LogP contribution in [0.5, 0.6) is 0 Å². The van der Waals surface area contributed by atoms with Gasteiger partial charge in [0.2, 0.25) is 0 Å². The lowest BCUT2D eigenvalue weighted by atomic mass is 10.3. The van der Waals surface area contributed by atoms with E-state index in [-0.39, 0.29) is 5.91 Å². The van der Waals surface area contributed by atoms with Gasteiger partial charge in [0.25, 0.3) is 5.91 Å². The van der Waals surface area contributed by atoms with Crippen LogP contribution in [0.2, 0.25) is 0 Å². The highest BCUT2D eigenvalue weighted by atomic mass is 35.5. The Kier molecular flexibility index (Phi) is 3.54. The first-order valence-corrected chi connectivity index (χ1v) is 6.25. The van der Waals surface area contributed by atoms with Gasteiger partial charge in [-0.3, -0.25) is 4.79 Å². The molecule has 3 nitrogen and oxygen atoms in total. The fraction of sp³-hybridized carbons (Fsp3) is 0.583. The lowest BCUT2D eigenvalue weighted by molar-refractivity contribution is 0.0719. The van der Waals surface area contributed by atoms with E-state index in [4.69, 9.17) is 16.0 Å². The summed E-state index contributed by atoms with van der Waals surface area (Å²) in [6.07, 6.45) is 2.99. The first-order chi connectivity index (χ1) is 7.76. The number of carbonyl (C=O) groups excluding carboxylic acids is 1. The smallest absolute Gasteiger partial charge is 0.289 e. The molecule has 0 aromatic carbocycles. The van der Waals surface area contributed by atoms with Crippen molar-refractivity contribution in [2.45, 2.75) is 32.2 Å². The van der Waals surface area contributed by atoms with Gasteiger partial charge in [-0.25, -0.2) is 0 Å². The van der Waals surface area contributed by atoms with E-state index in [0.717, 1.165) is 25.0 Å². The topological polar surface area (TPSA) is 33.5 Å². The van der Waals surface area contributed by atoms with Crippen molar-refractivity contribution in [3.63, 3.8) is 0 Å². The number of alkyl halides is 1. The highest BCUT2D eigenvalue weighted by Gasteiger charge is 2.33. The maximum Gasteiger partial charge on any atom is 0.289 e. The molecule has 0 atom stereocenters. The molecule has 2 rings (SSSR count). The Morgan fingerprint density at radius 2 is 2.31 bits per heavy atom. The van der Waals surface area contributed by atoms with Gasteiger partial charge in [0.15, 0.2) is 5.76 Å². The lowest BCUT2D eigenvalue weighted by Crippen LogP contribution is -2.34. The van der Waals surface area contributed by atoms with Gasteiger partial charge in [-0.2, -0.15) is 0 Å². The minimum Gasteiger partial charge on any atom is -0.456 e. The Labute approximate surface area is 100 Å². The van der Waals surface area contributed by atoms with Crippen molar-refractivity contribution in [2.24, 2.45) is 0 Å². The van der Waals surface area contributed by atoms with Crippen molar-refractivity contribution in [2.75, 3.05) is 12.4 Å². The fourth-order valence-electron chi connectivity index (χ4n) is 1.75. The van der Waals surface area contributed by atoms with Gasteiger partial charge in [0, 0.05) is 24.9 Å². The Hall–Kier alpha value is -0.960. The average Bonchev–Trinajstić information content (AvgIpc) is 3.02. The minimum absolute atomic E-state index is 0.0251. The van der Waals surface area contributed by atoms with Crippen molar-refractivity contribution < 1.29 is 9.21 Å². The number of carbonyl (C=O) groups is 1. The number of nitrogens with zero attached hydrogens (tertiary/aromatic N) is 1. The first-order valence-electron chi connectivity index (χ1n) is 5.72. The van der Waals surface area contributed by atoms with Gasteiger partial charge >= 0.3 is 0 Å². The molecular formula is C12H16ClNO2. The van der Waals surface area contributed by atoms with Crippen LogP contribution in [0.15, 0.2) is 16.5 Å². The van der Waals surface area contributed by atoms with Gasteiger partial charge in [-0.15, -0.1) is 11.6 Å². The Morgan fingerprint density at radius 3 is 2.81 bits per heavy atom.